The molecule has 1 aromatic rings. The van der Waals surface area contributed by atoms with Crippen molar-refractivity contribution in [2.45, 2.75) is 56.6 Å². The van der Waals surface area contributed by atoms with Gasteiger partial charge in [0.1, 0.15) is 5.82 Å². The summed E-state index contributed by atoms with van der Waals surface area (Å²) in [4.78, 5) is 4.41. The third-order valence-electron chi connectivity index (χ3n) is 4.35. The monoisotopic (exact) mass is 348 g/mol. The average Bonchev–Trinajstić information content (AvgIpc) is 3.13. The molecule has 0 aromatic carbocycles. The topological polar surface area (TPSA) is 67.2 Å². The van der Waals surface area contributed by atoms with Crippen molar-refractivity contribution in [3.8, 4) is 0 Å². The first-order chi connectivity index (χ1) is 10.1. The zero-order valence-corrected chi connectivity index (χ0v) is 14.6. The number of fused-ring (bicyclic) bond motifs is 1. The van der Waals surface area contributed by atoms with Gasteiger partial charge in [-0.15, -0.1) is 12.4 Å². The quantitative estimate of drug-likeness (QED) is 0.873. The summed E-state index contributed by atoms with van der Waals surface area (Å²) in [7, 11) is -3.48. The Bertz CT molecular complexity index is 572. The fourth-order valence-electron chi connectivity index (χ4n) is 3.24. The molecule has 0 radical (unpaired) electrons. The van der Waals surface area contributed by atoms with Crippen molar-refractivity contribution in [3.63, 3.8) is 0 Å². The fraction of sp³-hybridized carbons (Fsp3) is 0.786. The molecule has 1 aromatic heterocycles. The van der Waals surface area contributed by atoms with Crippen molar-refractivity contribution in [1.82, 2.24) is 19.2 Å². The number of aromatic nitrogens is 2. The van der Waals surface area contributed by atoms with Crippen LogP contribution in [0.15, 0.2) is 11.2 Å². The van der Waals surface area contributed by atoms with Gasteiger partial charge in [-0.05, 0) is 32.2 Å². The van der Waals surface area contributed by atoms with Gasteiger partial charge in [-0.1, -0.05) is 6.92 Å². The average molecular weight is 349 g/mol. The van der Waals surface area contributed by atoms with Crippen molar-refractivity contribution in [1.29, 1.82) is 0 Å². The van der Waals surface area contributed by atoms with Gasteiger partial charge in [-0.2, -0.15) is 4.31 Å². The van der Waals surface area contributed by atoms with Crippen LogP contribution in [0, 0.1) is 0 Å². The Labute approximate surface area is 138 Å². The Morgan fingerprint density at radius 1 is 1.45 bits per heavy atom. The predicted molar refractivity (Wildman–Crippen MR) is 87.9 cm³/mol. The molecule has 0 bridgehead atoms. The van der Waals surface area contributed by atoms with Crippen LogP contribution in [0.1, 0.15) is 38.4 Å². The van der Waals surface area contributed by atoms with E-state index in [0.29, 0.717) is 6.54 Å². The minimum atomic E-state index is -3.48. The minimum Gasteiger partial charge on any atom is -0.333 e. The molecule has 3 heterocycles. The third kappa shape index (κ3) is 3.32. The highest BCUT2D eigenvalue weighted by Crippen LogP contribution is 2.23. The molecule has 0 aliphatic carbocycles. The zero-order chi connectivity index (χ0) is 14.9. The number of nitrogens with one attached hydrogen (secondary N) is 1. The first-order valence-electron chi connectivity index (χ1n) is 7.91. The largest absolute Gasteiger partial charge is 0.333 e. The summed E-state index contributed by atoms with van der Waals surface area (Å²) in [5.41, 5.74) is 0. The summed E-state index contributed by atoms with van der Waals surface area (Å²) in [6.07, 6.45) is 6.52. The van der Waals surface area contributed by atoms with Crippen LogP contribution in [0.5, 0.6) is 0 Å². The van der Waals surface area contributed by atoms with Gasteiger partial charge in [-0.25, -0.2) is 13.4 Å². The van der Waals surface area contributed by atoms with Gasteiger partial charge < -0.3 is 9.88 Å². The molecule has 1 atom stereocenters. The second-order valence-electron chi connectivity index (χ2n) is 5.91. The highest BCUT2D eigenvalue weighted by atomic mass is 35.5. The van der Waals surface area contributed by atoms with Gasteiger partial charge in [0.15, 0.2) is 5.03 Å². The molecule has 1 unspecified atom stereocenters. The predicted octanol–water partition coefficient (Wildman–Crippen LogP) is 1.40. The maximum Gasteiger partial charge on any atom is 0.262 e. The molecule has 2 aliphatic heterocycles. The number of halogens is 1. The summed E-state index contributed by atoms with van der Waals surface area (Å²) < 4.78 is 29.6. The second kappa shape index (κ2) is 7.29. The molecule has 126 valence electrons. The first-order valence-corrected chi connectivity index (χ1v) is 9.35. The number of sulfonamides is 1. The van der Waals surface area contributed by atoms with E-state index in [2.05, 4.69) is 10.3 Å². The van der Waals surface area contributed by atoms with Crippen molar-refractivity contribution in [2.75, 3.05) is 19.6 Å². The molecule has 2 aliphatic rings. The summed E-state index contributed by atoms with van der Waals surface area (Å²) in [6.45, 7) is 5.10. The SMILES string of the molecule is CCCN(C1CCNC1)S(=O)(=O)c1cn2c(n1)CCCC2.Cl. The van der Waals surface area contributed by atoms with E-state index in [0.717, 1.165) is 57.6 Å². The van der Waals surface area contributed by atoms with E-state index >= 15 is 0 Å². The van der Waals surface area contributed by atoms with Crippen LogP contribution in [-0.2, 0) is 23.0 Å². The van der Waals surface area contributed by atoms with Crippen LogP contribution < -0.4 is 5.32 Å². The smallest absolute Gasteiger partial charge is 0.262 e. The van der Waals surface area contributed by atoms with Crippen LogP contribution >= 0.6 is 12.4 Å². The van der Waals surface area contributed by atoms with E-state index in [1.165, 1.54) is 0 Å². The molecule has 6 nitrogen and oxygen atoms in total. The number of nitrogens with zero attached hydrogens (tertiary/aromatic N) is 3. The van der Waals surface area contributed by atoms with Crippen molar-refractivity contribution in [3.05, 3.63) is 12.0 Å². The van der Waals surface area contributed by atoms with Crippen molar-refractivity contribution >= 4 is 22.4 Å². The fourth-order valence-corrected chi connectivity index (χ4v) is 4.95. The van der Waals surface area contributed by atoms with E-state index in [-0.39, 0.29) is 23.5 Å². The van der Waals surface area contributed by atoms with E-state index in [1.54, 1.807) is 10.5 Å². The van der Waals surface area contributed by atoms with Crippen LogP contribution in [-0.4, -0.2) is 48.0 Å². The maximum atomic E-state index is 12.9. The number of rotatable bonds is 5. The standard InChI is InChI=1S/C14H24N4O2S.ClH/c1-2-8-18(12-6-7-15-10-12)21(19,20)14-11-17-9-4-3-5-13(17)16-14;/h11-12,15H,2-10H2,1H3;1H. The van der Waals surface area contributed by atoms with E-state index in [4.69, 9.17) is 0 Å². The molecule has 0 saturated carbocycles. The lowest BCUT2D eigenvalue weighted by molar-refractivity contribution is 0.334. The highest BCUT2D eigenvalue weighted by Gasteiger charge is 2.34. The molecule has 0 amide bonds. The van der Waals surface area contributed by atoms with Crippen LogP contribution in [0.25, 0.3) is 0 Å². The lowest BCUT2D eigenvalue weighted by Crippen LogP contribution is -2.42. The van der Waals surface area contributed by atoms with Crippen LogP contribution in [0.4, 0.5) is 0 Å². The van der Waals surface area contributed by atoms with Crippen LogP contribution in [0.2, 0.25) is 0 Å². The third-order valence-corrected chi connectivity index (χ3v) is 6.17. The number of imidazole rings is 1. The van der Waals surface area contributed by atoms with Gasteiger partial charge in [0.25, 0.3) is 10.0 Å². The van der Waals surface area contributed by atoms with Gasteiger partial charge >= 0.3 is 0 Å². The lowest BCUT2D eigenvalue weighted by atomic mass is 10.2. The Balaban J connectivity index is 0.00000176. The minimum absolute atomic E-state index is 0. The molecule has 1 saturated heterocycles. The highest BCUT2D eigenvalue weighted by molar-refractivity contribution is 7.89. The number of aryl methyl sites for hydroxylation is 2. The molecular formula is C14H25ClN4O2S. The summed E-state index contributed by atoms with van der Waals surface area (Å²) in [6, 6.07) is 0.0636. The van der Waals surface area contributed by atoms with Crippen LogP contribution in [0.3, 0.4) is 0 Å². The van der Waals surface area contributed by atoms with Gasteiger partial charge in [0.05, 0.1) is 0 Å². The molecule has 1 N–H and O–H groups in total. The molecular weight excluding hydrogens is 324 g/mol. The Morgan fingerprint density at radius 3 is 2.91 bits per heavy atom. The lowest BCUT2D eigenvalue weighted by Gasteiger charge is -2.26. The summed E-state index contributed by atoms with van der Waals surface area (Å²) in [5, 5.41) is 3.49. The van der Waals surface area contributed by atoms with Gasteiger partial charge in [0.2, 0.25) is 0 Å². The Kier molecular flexibility index (Phi) is 5.87. The number of hydrogen-bond donors (Lipinski definition) is 1. The summed E-state index contributed by atoms with van der Waals surface area (Å²) >= 11 is 0. The Hall–Kier alpha value is -0.630. The molecule has 8 heteroatoms. The molecule has 1 fully saturated rings. The van der Waals surface area contributed by atoms with E-state index < -0.39 is 10.0 Å². The first kappa shape index (κ1) is 17.7. The van der Waals surface area contributed by atoms with Crippen molar-refractivity contribution < 1.29 is 8.42 Å². The van der Waals surface area contributed by atoms with Crippen molar-refractivity contribution in [2.24, 2.45) is 0 Å². The molecule has 3 rings (SSSR count). The normalized spacial score (nSPS) is 21.6. The van der Waals surface area contributed by atoms with Gasteiger partial charge in [-0.3, -0.25) is 0 Å². The van der Waals surface area contributed by atoms with E-state index in [9.17, 15) is 8.42 Å². The second-order valence-corrected chi connectivity index (χ2v) is 7.75. The maximum absolute atomic E-state index is 12.9. The number of hydrogen-bond acceptors (Lipinski definition) is 4. The molecule has 22 heavy (non-hydrogen) atoms. The summed E-state index contributed by atoms with van der Waals surface area (Å²) in [5.74, 6) is 0.917. The zero-order valence-electron chi connectivity index (χ0n) is 13.0. The van der Waals surface area contributed by atoms with Gasteiger partial charge in [0, 0.05) is 38.3 Å². The molecule has 0 spiro atoms. The Morgan fingerprint density at radius 2 is 2.27 bits per heavy atom. The van der Waals surface area contributed by atoms with E-state index in [1.807, 2.05) is 11.5 Å².